The molecule has 0 radical (unpaired) electrons. The SMILES string of the molecule is C=CCc1ccc(-c2ccc(-c3ccc(/C=C/CCCC(C)OCCCCC)c(F)c3)cc2)cc1. The maximum absolute atomic E-state index is 14.7. The minimum atomic E-state index is -0.187. The number of halogens is 1. The number of allylic oxidation sites excluding steroid dienone is 2. The van der Waals surface area contributed by atoms with E-state index in [4.69, 9.17) is 4.74 Å². The average molecular weight is 471 g/mol. The molecule has 0 N–H and O–H groups in total. The Morgan fingerprint density at radius 3 is 2.11 bits per heavy atom. The quantitative estimate of drug-likeness (QED) is 0.168. The van der Waals surface area contributed by atoms with E-state index in [2.05, 4.69) is 75.0 Å². The number of hydrogen-bond acceptors (Lipinski definition) is 1. The van der Waals surface area contributed by atoms with Crippen molar-refractivity contribution in [3.8, 4) is 22.3 Å². The summed E-state index contributed by atoms with van der Waals surface area (Å²) in [4.78, 5) is 0. The van der Waals surface area contributed by atoms with E-state index in [9.17, 15) is 4.39 Å². The van der Waals surface area contributed by atoms with Gasteiger partial charge < -0.3 is 4.74 Å². The van der Waals surface area contributed by atoms with Crippen LogP contribution in [0, 0.1) is 5.82 Å². The molecule has 3 aromatic rings. The summed E-state index contributed by atoms with van der Waals surface area (Å²) in [7, 11) is 0. The molecule has 0 saturated carbocycles. The molecule has 0 bridgehead atoms. The molecule has 2 heteroatoms. The first kappa shape index (κ1) is 26.6. The Balaban J connectivity index is 1.51. The van der Waals surface area contributed by atoms with E-state index in [-0.39, 0.29) is 5.82 Å². The maximum Gasteiger partial charge on any atom is 0.131 e. The Bertz CT molecular complexity index is 1060. The highest BCUT2D eigenvalue weighted by atomic mass is 19.1. The van der Waals surface area contributed by atoms with Gasteiger partial charge in [-0.15, -0.1) is 6.58 Å². The molecule has 0 amide bonds. The molecule has 35 heavy (non-hydrogen) atoms. The number of ether oxygens (including phenoxy) is 1. The van der Waals surface area contributed by atoms with Crippen LogP contribution < -0.4 is 0 Å². The largest absolute Gasteiger partial charge is 0.379 e. The third kappa shape index (κ3) is 8.64. The molecular weight excluding hydrogens is 431 g/mol. The fourth-order valence-corrected chi connectivity index (χ4v) is 4.15. The van der Waals surface area contributed by atoms with Crippen LogP contribution in [0.2, 0.25) is 0 Å². The fraction of sp³-hybridized carbons (Fsp3) is 0.333. The van der Waals surface area contributed by atoms with E-state index in [0.717, 1.165) is 55.4 Å². The van der Waals surface area contributed by atoms with Crippen LogP contribution in [-0.4, -0.2) is 12.7 Å². The zero-order valence-electron chi connectivity index (χ0n) is 21.3. The summed E-state index contributed by atoms with van der Waals surface area (Å²) in [6, 6.07) is 22.3. The van der Waals surface area contributed by atoms with Gasteiger partial charge in [0.2, 0.25) is 0 Å². The topological polar surface area (TPSA) is 9.23 Å². The van der Waals surface area contributed by atoms with Crippen LogP contribution in [0.4, 0.5) is 4.39 Å². The van der Waals surface area contributed by atoms with Gasteiger partial charge in [-0.1, -0.05) is 98.7 Å². The van der Waals surface area contributed by atoms with Gasteiger partial charge in [-0.25, -0.2) is 4.39 Å². The van der Waals surface area contributed by atoms with Gasteiger partial charge in [0.1, 0.15) is 5.82 Å². The molecule has 0 aliphatic rings. The van der Waals surface area contributed by atoms with Crippen molar-refractivity contribution in [3.63, 3.8) is 0 Å². The van der Waals surface area contributed by atoms with Crippen molar-refractivity contribution in [3.05, 3.63) is 102 Å². The number of benzene rings is 3. The van der Waals surface area contributed by atoms with Crippen molar-refractivity contribution >= 4 is 6.08 Å². The van der Waals surface area contributed by atoms with Gasteiger partial charge in [0.25, 0.3) is 0 Å². The summed E-state index contributed by atoms with van der Waals surface area (Å²) in [6.45, 7) is 8.99. The van der Waals surface area contributed by atoms with E-state index >= 15 is 0 Å². The van der Waals surface area contributed by atoms with E-state index in [1.165, 1.54) is 24.0 Å². The van der Waals surface area contributed by atoms with E-state index in [1.807, 2.05) is 24.3 Å². The lowest BCUT2D eigenvalue weighted by Gasteiger charge is -2.12. The molecule has 0 spiro atoms. The zero-order chi connectivity index (χ0) is 24.9. The van der Waals surface area contributed by atoms with Crippen LogP contribution in [0.1, 0.15) is 63.5 Å². The third-order valence-electron chi connectivity index (χ3n) is 6.32. The first-order valence-electron chi connectivity index (χ1n) is 13.0. The molecule has 0 heterocycles. The molecule has 0 aliphatic carbocycles. The minimum Gasteiger partial charge on any atom is -0.379 e. The summed E-state index contributed by atoms with van der Waals surface area (Å²) in [5, 5.41) is 0. The Morgan fingerprint density at radius 1 is 0.857 bits per heavy atom. The third-order valence-corrected chi connectivity index (χ3v) is 6.32. The summed E-state index contributed by atoms with van der Waals surface area (Å²) in [6.07, 6.45) is 13.7. The van der Waals surface area contributed by atoms with Crippen molar-refractivity contribution in [2.75, 3.05) is 6.61 Å². The van der Waals surface area contributed by atoms with E-state index in [1.54, 1.807) is 6.07 Å². The normalized spacial score (nSPS) is 12.2. The van der Waals surface area contributed by atoms with E-state index in [0.29, 0.717) is 11.7 Å². The molecule has 184 valence electrons. The molecular formula is C33H39FO. The van der Waals surface area contributed by atoms with Crippen LogP contribution in [0.15, 0.2) is 85.5 Å². The van der Waals surface area contributed by atoms with Crippen LogP contribution in [0.3, 0.4) is 0 Å². The smallest absolute Gasteiger partial charge is 0.131 e. The maximum atomic E-state index is 14.7. The zero-order valence-corrected chi connectivity index (χ0v) is 21.3. The second kappa shape index (κ2) is 14.4. The first-order valence-corrected chi connectivity index (χ1v) is 13.0. The van der Waals surface area contributed by atoms with Crippen LogP contribution in [0.5, 0.6) is 0 Å². The Kier molecular flexibility index (Phi) is 11.0. The van der Waals surface area contributed by atoms with Crippen molar-refractivity contribution in [2.24, 2.45) is 0 Å². The minimum absolute atomic E-state index is 0.187. The lowest BCUT2D eigenvalue weighted by atomic mass is 9.98. The molecule has 0 fully saturated rings. The predicted molar refractivity (Wildman–Crippen MR) is 149 cm³/mol. The standard InChI is InChI=1S/C33H39FO/c1-4-6-10-24-35-26(3)12-8-7-9-13-31-22-23-32(25-33(31)34)30-20-18-29(19-21-30)28-16-14-27(11-5-2)15-17-28/h5,9,13-23,25-26H,2,4,6-8,10-12,24H2,1,3H3/b13-9+. The van der Waals surface area contributed by atoms with Crippen molar-refractivity contribution < 1.29 is 9.13 Å². The Labute approximate surface area is 211 Å². The highest BCUT2D eigenvalue weighted by Gasteiger charge is 2.05. The molecule has 1 atom stereocenters. The predicted octanol–water partition coefficient (Wildman–Crippen LogP) is 9.67. The molecule has 1 unspecified atom stereocenters. The molecule has 3 rings (SSSR count). The van der Waals surface area contributed by atoms with Crippen molar-refractivity contribution in [1.29, 1.82) is 0 Å². The second-order valence-corrected chi connectivity index (χ2v) is 9.23. The molecule has 1 nitrogen and oxygen atoms in total. The summed E-state index contributed by atoms with van der Waals surface area (Å²) in [5.41, 5.74) is 6.12. The van der Waals surface area contributed by atoms with Crippen molar-refractivity contribution in [1.82, 2.24) is 0 Å². The van der Waals surface area contributed by atoms with Crippen LogP contribution >= 0.6 is 0 Å². The van der Waals surface area contributed by atoms with Crippen molar-refractivity contribution in [2.45, 2.75) is 64.9 Å². The monoisotopic (exact) mass is 470 g/mol. The first-order chi connectivity index (χ1) is 17.1. The average Bonchev–Trinajstić information content (AvgIpc) is 2.88. The molecule has 0 aliphatic heterocycles. The van der Waals surface area contributed by atoms with Gasteiger partial charge in [-0.2, -0.15) is 0 Å². The van der Waals surface area contributed by atoms with E-state index < -0.39 is 0 Å². The van der Waals surface area contributed by atoms with Gasteiger partial charge >= 0.3 is 0 Å². The Hall–Kier alpha value is -2.97. The number of rotatable bonds is 14. The van der Waals surface area contributed by atoms with Gasteiger partial charge in [0.15, 0.2) is 0 Å². The summed E-state index contributed by atoms with van der Waals surface area (Å²) in [5.74, 6) is -0.187. The highest BCUT2D eigenvalue weighted by molar-refractivity contribution is 5.71. The van der Waals surface area contributed by atoms with Gasteiger partial charge in [0.05, 0.1) is 6.10 Å². The van der Waals surface area contributed by atoms with Crippen LogP contribution in [-0.2, 0) is 11.2 Å². The Morgan fingerprint density at radius 2 is 1.49 bits per heavy atom. The fourth-order valence-electron chi connectivity index (χ4n) is 4.15. The number of hydrogen-bond donors (Lipinski definition) is 0. The highest BCUT2D eigenvalue weighted by Crippen LogP contribution is 2.27. The van der Waals surface area contributed by atoms with Crippen LogP contribution in [0.25, 0.3) is 28.3 Å². The molecule has 3 aromatic carbocycles. The number of unbranched alkanes of at least 4 members (excludes halogenated alkanes) is 3. The van der Waals surface area contributed by atoms with Gasteiger partial charge in [-0.05, 0) is 72.9 Å². The molecule has 0 aromatic heterocycles. The lowest BCUT2D eigenvalue weighted by Crippen LogP contribution is -2.08. The van der Waals surface area contributed by atoms with Gasteiger partial charge in [-0.3, -0.25) is 0 Å². The summed E-state index contributed by atoms with van der Waals surface area (Å²) < 4.78 is 20.6. The summed E-state index contributed by atoms with van der Waals surface area (Å²) >= 11 is 0. The lowest BCUT2D eigenvalue weighted by molar-refractivity contribution is 0.0566. The second-order valence-electron chi connectivity index (χ2n) is 9.23. The van der Waals surface area contributed by atoms with Gasteiger partial charge in [0, 0.05) is 12.2 Å². The molecule has 0 saturated heterocycles.